The normalized spacial score (nSPS) is 9.92. The van der Waals surface area contributed by atoms with Crippen LogP contribution in [0.25, 0.3) is 0 Å². The zero-order chi connectivity index (χ0) is 9.52. The number of carbonyl (C=O) groups excluding carboxylic acids is 1. The van der Waals surface area contributed by atoms with Crippen LogP contribution in [0.5, 0.6) is 0 Å². The second-order valence-electron chi connectivity index (χ2n) is 3.08. The van der Waals surface area contributed by atoms with Gasteiger partial charge < -0.3 is 10.3 Å². The molecule has 0 fully saturated rings. The third kappa shape index (κ3) is 3.78. The van der Waals surface area contributed by atoms with Gasteiger partial charge in [-0.05, 0) is 18.6 Å². The van der Waals surface area contributed by atoms with Crippen LogP contribution >= 0.6 is 0 Å². The Morgan fingerprint density at radius 2 is 2.46 bits per heavy atom. The largest absolute Gasteiger partial charge is 0.365 e. The van der Waals surface area contributed by atoms with Gasteiger partial charge in [0.2, 0.25) is 5.91 Å². The van der Waals surface area contributed by atoms with E-state index in [-0.39, 0.29) is 5.91 Å². The van der Waals surface area contributed by atoms with Crippen LogP contribution in [0.15, 0.2) is 18.3 Å². The second-order valence-corrected chi connectivity index (χ2v) is 3.08. The first-order chi connectivity index (χ1) is 6.33. The molecule has 0 aliphatic heterocycles. The first kappa shape index (κ1) is 9.84. The fourth-order valence-corrected chi connectivity index (χ4v) is 1.12. The summed E-state index contributed by atoms with van der Waals surface area (Å²) in [5.74, 6) is 0.0934. The van der Waals surface area contributed by atoms with Crippen LogP contribution in [0.2, 0.25) is 0 Å². The van der Waals surface area contributed by atoms with E-state index in [1.807, 2.05) is 18.3 Å². The maximum absolute atomic E-state index is 11.3. The Morgan fingerprint density at radius 1 is 1.62 bits per heavy atom. The highest BCUT2D eigenvalue weighted by Gasteiger charge is 2.01. The van der Waals surface area contributed by atoms with Crippen LogP contribution in [-0.2, 0) is 11.2 Å². The highest BCUT2D eigenvalue weighted by molar-refractivity contribution is 5.78. The monoisotopic (exact) mass is 180 g/mol. The van der Waals surface area contributed by atoms with Crippen molar-refractivity contribution in [2.24, 2.45) is 0 Å². The van der Waals surface area contributed by atoms with Gasteiger partial charge in [-0.2, -0.15) is 0 Å². The minimum atomic E-state index is 0.0934. The standard InChI is InChI=1S/C10H16N2O/c1-2-3-6-12-10(13)8-9-5-4-7-11-9/h4-5,7,11H,2-3,6,8H2,1H3,(H,12,13). The predicted octanol–water partition coefficient (Wildman–Crippen LogP) is 1.47. The number of carbonyl (C=O) groups is 1. The van der Waals surface area contributed by atoms with Gasteiger partial charge in [0.25, 0.3) is 0 Å². The number of hydrogen-bond donors (Lipinski definition) is 2. The Balaban J connectivity index is 2.18. The summed E-state index contributed by atoms with van der Waals surface area (Å²) in [5, 5.41) is 2.86. The van der Waals surface area contributed by atoms with Crippen molar-refractivity contribution in [1.29, 1.82) is 0 Å². The van der Waals surface area contributed by atoms with Gasteiger partial charge in [-0.15, -0.1) is 0 Å². The average Bonchev–Trinajstić information content (AvgIpc) is 2.57. The van der Waals surface area contributed by atoms with E-state index in [1.165, 1.54) is 0 Å². The van der Waals surface area contributed by atoms with E-state index in [0.29, 0.717) is 6.42 Å². The SMILES string of the molecule is CCCCNC(=O)Cc1ccc[nH]1. The number of hydrogen-bond acceptors (Lipinski definition) is 1. The first-order valence-corrected chi connectivity index (χ1v) is 4.72. The van der Waals surface area contributed by atoms with E-state index in [4.69, 9.17) is 0 Å². The maximum Gasteiger partial charge on any atom is 0.225 e. The van der Waals surface area contributed by atoms with E-state index < -0.39 is 0 Å². The molecular weight excluding hydrogens is 164 g/mol. The summed E-state index contributed by atoms with van der Waals surface area (Å²) in [6.45, 7) is 2.90. The molecule has 0 saturated carbocycles. The zero-order valence-corrected chi connectivity index (χ0v) is 7.97. The first-order valence-electron chi connectivity index (χ1n) is 4.72. The lowest BCUT2D eigenvalue weighted by molar-refractivity contribution is -0.120. The van der Waals surface area contributed by atoms with Crippen molar-refractivity contribution in [1.82, 2.24) is 10.3 Å². The zero-order valence-electron chi connectivity index (χ0n) is 7.97. The number of H-pyrrole nitrogens is 1. The van der Waals surface area contributed by atoms with Gasteiger partial charge in [0.15, 0.2) is 0 Å². The van der Waals surface area contributed by atoms with Gasteiger partial charge in [0.05, 0.1) is 6.42 Å². The van der Waals surface area contributed by atoms with Gasteiger partial charge in [-0.1, -0.05) is 13.3 Å². The molecule has 0 atom stereocenters. The highest BCUT2D eigenvalue weighted by Crippen LogP contribution is 1.95. The van der Waals surface area contributed by atoms with E-state index in [2.05, 4.69) is 17.2 Å². The smallest absolute Gasteiger partial charge is 0.225 e. The van der Waals surface area contributed by atoms with E-state index in [9.17, 15) is 4.79 Å². The number of rotatable bonds is 5. The third-order valence-electron chi connectivity index (χ3n) is 1.87. The average molecular weight is 180 g/mol. The maximum atomic E-state index is 11.3. The number of amides is 1. The molecule has 0 aliphatic rings. The Bertz CT molecular complexity index is 241. The fourth-order valence-electron chi connectivity index (χ4n) is 1.12. The van der Waals surface area contributed by atoms with Crippen molar-refractivity contribution in [3.8, 4) is 0 Å². The molecule has 0 aliphatic carbocycles. The number of unbranched alkanes of at least 4 members (excludes halogenated alkanes) is 1. The van der Waals surface area contributed by atoms with Gasteiger partial charge in [-0.3, -0.25) is 4.79 Å². The Labute approximate surface area is 78.5 Å². The number of nitrogens with one attached hydrogen (secondary N) is 2. The third-order valence-corrected chi connectivity index (χ3v) is 1.87. The molecule has 1 heterocycles. The van der Waals surface area contributed by atoms with Crippen LogP contribution in [0, 0.1) is 0 Å². The van der Waals surface area contributed by atoms with Crippen molar-refractivity contribution in [2.45, 2.75) is 26.2 Å². The highest BCUT2D eigenvalue weighted by atomic mass is 16.1. The molecule has 3 heteroatoms. The molecule has 1 aromatic rings. The summed E-state index contributed by atoms with van der Waals surface area (Å²) in [7, 11) is 0. The van der Waals surface area contributed by atoms with Crippen molar-refractivity contribution in [3.05, 3.63) is 24.0 Å². The van der Waals surface area contributed by atoms with Crippen molar-refractivity contribution < 1.29 is 4.79 Å². The fraction of sp³-hybridized carbons (Fsp3) is 0.500. The van der Waals surface area contributed by atoms with Crippen molar-refractivity contribution in [3.63, 3.8) is 0 Å². The van der Waals surface area contributed by atoms with Gasteiger partial charge in [-0.25, -0.2) is 0 Å². The minimum absolute atomic E-state index is 0.0934. The molecular formula is C10H16N2O. The minimum Gasteiger partial charge on any atom is -0.365 e. The van der Waals surface area contributed by atoms with Crippen LogP contribution in [-0.4, -0.2) is 17.4 Å². The summed E-state index contributed by atoms with van der Waals surface area (Å²) in [6.07, 6.45) is 4.45. The molecule has 1 rings (SSSR count). The molecule has 72 valence electrons. The van der Waals surface area contributed by atoms with E-state index >= 15 is 0 Å². The van der Waals surface area contributed by atoms with Gasteiger partial charge in [0.1, 0.15) is 0 Å². The van der Waals surface area contributed by atoms with Crippen molar-refractivity contribution in [2.75, 3.05) is 6.54 Å². The molecule has 0 saturated heterocycles. The lowest BCUT2D eigenvalue weighted by Gasteiger charge is -2.02. The molecule has 0 unspecified atom stereocenters. The Kier molecular flexibility index (Phi) is 4.09. The van der Waals surface area contributed by atoms with Crippen LogP contribution in [0.4, 0.5) is 0 Å². The molecule has 0 spiro atoms. The number of aromatic nitrogens is 1. The molecule has 1 aromatic heterocycles. The van der Waals surface area contributed by atoms with Crippen LogP contribution < -0.4 is 5.32 Å². The molecule has 13 heavy (non-hydrogen) atoms. The summed E-state index contributed by atoms with van der Waals surface area (Å²) < 4.78 is 0. The number of aromatic amines is 1. The van der Waals surface area contributed by atoms with Crippen LogP contribution in [0.3, 0.4) is 0 Å². The molecule has 0 aromatic carbocycles. The molecule has 3 nitrogen and oxygen atoms in total. The Morgan fingerprint density at radius 3 is 3.08 bits per heavy atom. The molecule has 2 N–H and O–H groups in total. The van der Waals surface area contributed by atoms with Gasteiger partial charge >= 0.3 is 0 Å². The molecule has 0 bridgehead atoms. The summed E-state index contributed by atoms with van der Waals surface area (Å²) in [4.78, 5) is 14.3. The van der Waals surface area contributed by atoms with Crippen molar-refractivity contribution >= 4 is 5.91 Å². The topological polar surface area (TPSA) is 44.9 Å². The summed E-state index contributed by atoms with van der Waals surface area (Å²) in [6, 6.07) is 3.81. The van der Waals surface area contributed by atoms with E-state index in [0.717, 1.165) is 25.1 Å². The summed E-state index contributed by atoms with van der Waals surface area (Å²) >= 11 is 0. The lowest BCUT2D eigenvalue weighted by atomic mass is 10.3. The van der Waals surface area contributed by atoms with E-state index in [1.54, 1.807) is 0 Å². The van der Waals surface area contributed by atoms with Crippen LogP contribution in [0.1, 0.15) is 25.5 Å². The van der Waals surface area contributed by atoms with Gasteiger partial charge in [0, 0.05) is 18.4 Å². The quantitative estimate of drug-likeness (QED) is 0.662. The second kappa shape index (κ2) is 5.41. The predicted molar refractivity (Wildman–Crippen MR) is 52.4 cm³/mol. The Hall–Kier alpha value is -1.25. The lowest BCUT2D eigenvalue weighted by Crippen LogP contribution is -2.26. The summed E-state index contributed by atoms with van der Waals surface area (Å²) in [5.41, 5.74) is 0.967. The molecule has 0 radical (unpaired) electrons. The molecule has 1 amide bonds.